The highest BCUT2D eigenvalue weighted by molar-refractivity contribution is 5.43. The highest BCUT2D eigenvalue weighted by Gasteiger charge is 2.07. The molecule has 0 bridgehead atoms. The van der Waals surface area contributed by atoms with E-state index in [-0.39, 0.29) is 0 Å². The van der Waals surface area contributed by atoms with Gasteiger partial charge in [0.2, 0.25) is 0 Å². The van der Waals surface area contributed by atoms with Crippen LogP contribution in [-0.2, 0) is 6.54 Å². The molecule has 2 rings (SSSR count). The van der Waals surface area contributed by atoms with Gasteiger partial charge < -0.3 is 5.32 Å². The summed E-state index contributed by atoms with van der Waals surface area (Å²) < 4.78 is 2.02. The molecule has 2 aromatic rings. The monoisotopic (exact) mass is 243 g/mol. The van der Waals surface area contributed by atoms with E-state index in [1.54, 1.807) is 0 Å². The molecule has 0 fully saturated rings. The van der Waals surface area contributed by atoms with Gasteiger partial charge in [-0.3, -0.25) is 0 Å². The van der Waals surface area contributed by atoms with Crippen LogP contribution in [0.15, 0.2) is 24.3 Å². The van der Waals surface area contributed by atoms with Crippen LogP contribution in [0, 0.1) is 20.8 Å². The lowest BCUT2D eigenvalue weighted by atomic mass is 10.1. The minimum Gasteiger partial charge on any atom is -0.313 e. The van der Waals surface area contributed by atoms with Crippen molar-refractivity contribution < 1.29 is 0 Å². The summed E-state index contributed by atoms with van der Waals surface area (Å²) in [5, 5.41) is 7.88. The third-order valence-electron chi connectivity index (χ3n) is 3.08. The standard InChI is InChI=1S/C15H21N3/c1-5-16-10-14-6-7-15(11(2)8-14)18-13(4)9-12(3)17-18/h6-9,16H,5,10H2,1-4H3. The van der Waals surface area contributed by atoms with Crippen molar-refractivity contribution in [2.24, 2.45) is 0 Å². The van der Waals surface area contributed by atoms with Crippen LogP contribution in [0.4, 0.5) is 0 Å². The lowest BCUT2D eigenvalue weighted by Crippen LogP contribution is -2.12. The molecule has 96 valence electrons. The normalized spacial score (nSPS) is 10.9. The Morgan fingerprint density at radius 1 is 1.17 bits per heavy atom. The van der Waals surface area contributed by atoms with Gasteiger partial charge in [0.1, 0.15) is 0 Å². The molecule has 3 nitrogen and oxygen atoms in total. The number of nitrogens with zero attached hydrogens (tertiary/aromatic N) is 2. The first kappa shape index (κ1) is 12.8. The first-order valence-corrected chi connectivity index (χ1v) is 6.45. The van der Waals surface area contributed by atoms with E-state index < -0.39 is 0 Å². The Kier molecular flexibility index (Phi) is 3.82. The predicted octanol–water partition coefficient (Wildman–Crippen LogP) is 2.91. The number of nitrogens with one attached hydrogen (secondary N) is 1. The van der Waals surface area contributed by atoms with Gasteiger partial charge in [-0.15, -0.1) is 0 Å². The van der Waals surface area contributed by atoms with Crippen LogP contribution in [0.25, 0.3) is 5.69 Å². The highest BCUT2D eigenvalue weighted by Crippen LogP contribution is 2.18. The number of rotatable bonds is 4. The Hall–Kier alpha value is -1.61. The molecule has 1 N–H and O–H groups in total. The molecule has 18 heavy (non-hydrogen) atoms. The largest absolute Gasteiger partial charge is 0.313 e. The molecule has 3 heteroatoms. The van der Waals surface area contributed by atoms with E-state index in [1.165, 1.54) is 22.5 Å². The quantitative estimate of drug-likeness (QED) is 0.895. The van der Waals surface area contributed by atoms with Crippen LogP contribution in [0.3, 0.4) is 0 Å². The molecule has 0 radical (unpaired) electrons. The third-order valence-corrected chi connectivity index (χ3v) is 3.08. The molecule has 0 unspecified atom stereocenters. The van der Waals surface area contributed by atoms with E-state index in [1.807, 2.05) is 11.6 Å². The molecular formula is C15H21N3. The number of aromatic nitrogens is 2. The van der Waals surface area contributed by atoms with Crippen molar-refractivity contribution in [2.45, 2.75) is 34.2 Å². The van der Waals surface area contributed by atoms with E-state index >= 15 is 0 Å². The summed E-state index contributed by atoms with van der Waals surface area (Å²) in [5.74, 6) is 0. The van der Waals surface area contributed by atoms with Gasteiger partial charge in [0.05, 0.1) is 11.4 Å². The van der Waals surface area contributed by atoms with Crippen molar-refractivity contribution in [2.75, 3.05) is 6.54 Å². The molecule has 0 atom stereocenters. The van der Waals surface area contributed by atoms with Crippen molar-refractivity contribution in [1.29, 1.82) is 0 Å². The van der Waals surface area contributed by atoms with Crippen LogP contribution in [-0.4, -0.2) is 16.3 Å². The third kappa shape index (κ3) is 2.62. The first-order chi connectivity index (χ1) is 8.61. The predicted molar refractivity (Wildman–Crippen MR) is 75.2 cm³/mol. The molecule has 0 aliphatic heterocycles. The first-order valence-electron chi connectivity index (χ1n) is 6.45. The average molecular weight is 243 g/mol. The summed E-state index contributed by atoms with van der Waals surface area (Å²) in [6, 6.07) is 8.66. The van der Waals surface area contributed by atoms with E-state index in [9.17, 15) is 0 Å². The Morgan fingerprint density at radius 2 is 1.94 bits per heavy atom. The van der Waals surface area contributed by atoms with Gasteiger partial charge in [-0.05, 0) is 50.6 Å². The van der Waals surface area contributed by atoms with Crippen LogP contribution in [0.2, 0.25) is 0 Å². The molecule has 1 aromatic heterocycles. The highest BCUT2D eigenvalue weighted by atomic mass is 15.3. The minimum atomic E-state index is 0.925. The molecule has 0 saturated heterocycles. The number of aryl methyl sites for hydroxylation is 3. The summed E-state index contributed by atoms with van der Waals surface area (Å²) >= 11 is 0. The minimum absolute atomic E-state index is 0.925. The van der Waals surface area contributed by atoms with Crippen molar-refractivity contribution >= 4 is 0 Å². The van der Waals surface area contributed by atoms with E-state index in [2.05, 4.69) is 55.5 Å². The molecule has 0 amide bonds. The van der Waals surface area contributed by atoms with Crippen LogP contribution >= 0.6 is 0 Å². The fourth-order valence-corrected chi connectivity index (χ4v) is 2.21. The maximum atomic E-state index is 4.53. The van der Waals surface area contributed by atoms with Gasteiger partial charge in [0.25, 0.3) is 0 Å². The molecule has 0 spiro atoms. The van der Waals surface area contributed by atoms with Crippen LogP contribution in [0.5, 0.6) is 0 Å². The maximum Gasteiger partial charge on any atom is 0.0678 e. The SMILES string of the molecule is CCNCc1ccc(-n2nc(C)cc2C)c(C)c1. The molecular weight excluding hydrogens is 222 g/mol. The molecule has 1 aromatic carbocycles. The Labute approximate surface area is 109 Å². The summed E-state index contributed by atoms with van der Waals surface area (Å²) in [6.07, 6.45) is 0. The van der Waals surface area contributed by atoms with E-state index in [0.717, 1.165) is 18.8 Å². The molecule has 0 aliphatic carbocycles. The van der Waals surface area contributed by atoms with E-state index in [4.69, 9.17) is 0 Å². The zero-order valence-corrected chi connectivity index (χ0v) is 11.6. The van der Waals surface area contributed by atoms with Crippen molar-refractivity contribution in [3.05, 3.63) is 46.8 Å². The van der Waals surface area contributed by atoms with E-state index in [0.29, 0.717) is 0 Å². The van der Waals surface area contributed by atoms with Gasteiger partial charge in [-0.2, -0.15) is 5.10 Å². The van der Waals surface area contributed by atoms with Crippen LogP contribution < -0.4 is 5.32 Å². The fraction of sp³-hybridized carbons (Fsp3) is 0.400. The van der Waals surface area contributed by atoms with Gasteiger partial charge in [-0.25, -0.2) is 4.68 Å². The smallest absolute Gasteiger partial charge is 0.0678 e. The van der Waals surface area contributed by atoms with Gasteiger partial charge in [-0.1, -0.05) is 19.1 Å². The Morgan fingerprint density at radius 3 is 2.50 bits per heavy atom. The van der Waals surface area contributed by atoms with Crippen molar-refractivity contribution in [3.63, 3.8) is 0 Å². The number of hydrogen-bond acceptors (Lipinski definition) is 2. The van der Waals surface area contributed by atoms with Gasteiger partial charge in [0.15, 0.2) is 0 Å². The Balaban J connectivity index is 2.32. The molecule has 1 heterocycles. The van der Waals surface area contributed by atoms with Crippen molar-refractivity contribution in [3.8, 4) is 5.69 Å². The second kappa shape index (κ2) is 5.36. The number of hydrogen-bond donors (Lipinski definition) is 1. The molecule has 0 saturated carbocycles. The van der Waals surface area contributed by atoms with Crippen molar-refractivity contribution in [1.82, 2.24) is 15.1 Å². The fourth-order valence-electron chi connectivity index (χ4n) is 2.21. The Bertz CT molecular complexity index is 541. The summed E-state index contributed by atoms with van der Waals surface area (Å²) in [4.78, 5) is 0. The average Bonchev–Trinajstić information content (AvgIpc) is 2.66. The van der Waals surface area contributed by atoms with Crippen LogP contribution in [0.1, 0.15) is 29.4 Å². The lowest BCUT2D eigenvalue weighted by molar-refractivity contribution is 0.725. The summed E-state index contributed by atoms with van der Waals surface area (Å²) in [7, 11) is 0. The molecule has 0 aliphatic rings. The summed E-state index contributed by atoms with van der Waals surface area (Å²) in [5.41, 5.74) is 5.98. The lowest BCUT2D eigenvalue weighted by Gasteiger charge is -2.10. The second-order valence-electron chi connectivity index (χ2n) is 4.74. The second-order valence-corrected chi connectivity index (χ2v) is 4.74. The number of benzene rings is 1. The van der Waals surface area contributed by atoms with Gasteiger partial charge in [0, 0.05) is 12.2 Å². The zero-order chi connectivity index (χ0) is 13.1. The maximum absolute atomic E-state index is 4.53. The summed E-state index contributed by atoms with van der Waals surface area (Å²) in [6.45, 7) is 10.3. The topological polar surface area (TPSA) is 29.9 Å². The van der Waals surface area contributed by atoms with Gasteiger partial charge >= 0.3 is 0 Å². The zero-order valence-electron chi connectivity index (χ0n) is 11.6.